The summed E-state index contributed by atoms with van der Waals surface area (Å²) in [6, 6.07) is 9.88. The van der Waals surface area contributed by atoms with E-state index in [1.54, 1.807) is 0 Å². The molecule has 1 atom stereocenters. The van der Waals surface area contributed by atoms with Crippen LogP contribution in [0, 0.1) is 11.8 Å². The standard InChI is InChI=1S/C17H23N3O/c1-12-7-9-14(10-8-12)15-16(18)19-17(21)20(15)11-13-5-3-2-4-6-13/h2-6,12,14-15H,7-11H2,1H3,(H2,18,19,21). The van der Waals surface area contributed by atoms with E-state index >= 15 is 0 Å². The zero-order chi connectivity index (χ0) is 14.8. The first-order valence-electron chi connectivity index (χ1n) is 7.83. The Kier molecular flexibility index (Phi) is 3.95. The lowest BCUT2D eigenvalue weighted by atomic mass is 9.78. The molecule has 2 aliphatic rings. The Morgan fingerprint density at radius 3 is 2.52 bits per heavy atom. The fraction of sp³-hybridized carbons (Fsp3) is 0.529. The van der Waals surface area contributed by atoms with Crippen LogP contribution in [0.1, 0.15) is 38.2 Å². The van der Waals surface area contributed by atoms with E-state index in [-0.39, 0.29) is 12.1 Å². The first kappa shape index (κ1) is 14.1. The SMILES string of the molecule is CC1CCC(C2C(N)=NC(=O)N2Cc2ccccc2)CC1. The molecule has 112 valence electrons. The van der Waals surface area contributed by atoms with Crippen molar-refractivity contribution in [2.45, 2.75) is 45.2 Å². The molecule has 0 saturated heterocycles. The Balaban J connectivity index is 1.76. The fourth-order valence-electron chi connectivity index (χ4n) is 3.56. The fourth-order valence-corrected chi connectivity index (χ4v) is 3.56. The van der Waals surface area contributed by atoms with Crippen molar-refractivity contribution >= 4 is 11.9 Å². The maximum Gasteiger partial charge on any atom is 0.346 e. The number of hydrogen-bond acceptors (Lipinski definition) is 2. The second-order valence-electron chi connectivity index (χ2n) is 6.40. The molecule has 1 saturated carbocycles. The van der Waals surface area contributed by atoms with Gasteiger partial charge in [-0.25, -0.2) is 4.79 Å². The highest BCUT2D eigenvalue weighted by atomic mass is 16.2. The minimum atomic E-state index is -0.181. The van der Waals surface area contributed by atoms with Crippen LogP contribution in [0.4, 0.5) is 4.79 Å². The van der Waals surface area contributed by atoms with Gasteiger partial charge < -0.3 is 10.6 Å². The van der Waals surface area contributed by atoms with Crippen LogP contribution in [0.2, 0.25) is 0 Å². The second-order valence-corrected chi connectivity index (χ2v) is 6.40. The third-order valence-corrected chi connectivity index (χ3v) is 4.81. The van der Waals surface area contributed by atoms with Crippen LogP contribution >= 0.6 is 0 Å². The van der Waals surface area contributed by atoms with Crippen LogP contribution in [0.5, 0.6) is 0 Å². The normalized spacial score (nSPS) is 29.6. The van der Waals surface area contributed by atoms with Gasteiger partial charge in [0.1, 0.15) is 5.84 Å². The molecule has 1 fully saturated rings. The Bertz CT molecular complexity index is 532. The van der Waals surface area contributed by atoms with Gasteiger partial charge in [0.2, 0.25) is 0 Å². The molecule has 1 aromatic carbocycles. The van der Waals surface area contributed by atoms with E-state index in [0.29, 0.717) is 18.3 Å². The third kappa shape index (κ3) is 2.94. The number of aliphatic imine (C=N–C) groups is 1. The van der Waals surface area contributed by atoms with E-state index in [4.69, 9.17) is 5.73 Å². The molecule has 1 aliphatic carbocycles. The molecule has 21 heavy (non-hydrogen) atoms. The third-order valence-electron chi connectivity index (χ3n) is 4.81. The van der Waals surface area contributed by atoms with Crippen molar-refractivity contribution in [2.75, 3.05) is 0 Å². The summed E-state index contributed by atoms with van der Waals surface area (Å²) in [4.78, 5) is 18.0. The smallest absolute Gasteiger partial charge is 0.346 e. The molecule has 0 aromatic heterocycles. The van der Waals surface area contributed by atoms with Crippen LogP contribution in [-0.2, 0) is 6.54 Å². The molecule has 0 spiro atoms. The Hall–Kier alpha value is -1.84. The summed E-state index contributed by atoms with van der Waals surface area (Å²) in [6.45, 7) is 2.90. The highest BCUT2D eigenvalue weighted by molar-refractivity contribution is 6.02. The van der Waals surface area contributed by atoms with Gasteiger partial charge in [-0.1, -0.05) is 50.1 Å². The summed E-state index contributed by atoms with van der Waals surface area (Å²) in [5, 5.41) is 0. The van der Waals surface area contributed by atoms with Crippen LogP contribution in [0.15, 0.2) is 35.3 Å². The molecule has 1 aromatic rings. The predicted molar refractivity (Wildman–Crippen MR) is 83.9 cm³/mol. The van der Waals surface area contributed by atoms with Crippen molar-refractivity contribution in [3.05, 3.63) is 35.9 Å². The number of amides is 2. The van der Waals surface area contributed by atoms with E-state index in [1.807, 2.05) is 35.2 Å². The lowest BCUT2D eigenvalue weighted by Crippen LogP contribution is -2.46. The van der Waals surface area contributed by atoms with Gasteiger partial charge in [-0.3, -0.25) is 0 Å². The van der Waals surface area contributed by atoms with Gasteiger partial charge in [0.05, 0.1) is 6.04 Å². The molecule has 0 bridgehead atoms. The maximum atomic E-state index is 12.2. The summed E-state index contributed by atoms with van der Waals surface area (Å²) >= 11 is 0. The molecule has 3 rings (SSSR count). The van der Waals surface area contributed by atoms with Crippen LogP contribution in [0.25, 0.3) is 0 Å². The number of carbonyl (C=O) groups is 1. The van der Waals surface area contributed by atoms with Gasteiger partial charge in [-0.2, -0.15) is 4.99 Å². The number of nitrogens with two attached hydrogens (primary N) is 1. The van der Waals surface area contributed by atoms with E-state index < -0.39 is 0 Å². The average Bonchev–Trinajstić information content (AvgIpc) is 2.76. The first-order valence-corrected chi connectivity index (χ1v) is 7.83. The van der Waals surface area contributed by atoms with Gasteiger partial charge in [0.15, 0.2) is 0 Å². The highest BCUT2D eigenvalue weighted by Crippen LogP contribution is 2.34. The lowest BCUT2D eigenvalue weighted by Gasteiger charge is -2.35. The van der Waals surface area contributed by atoms with Gasteiger partial charge in [0.25, 0.3) is 0 Å². The number of nitrogens with zero attached hydrogens (tertiary/aromatic N) is 2. The van der Waals surface area contributed by atoms with E-state index in [1.165, 1.54) is 12.8 Å². The molecule has 4 heteroatoms. The second kappa shape index (κ2) is 5.88. The summed E-state index contributed by atoms with van der Waals surface area (Å²) in [6.07, 6.45) is 4.73. The van der Waals surface area contributed by atoms with Crippen LogP contribution < -0.4 is 5.73 Å². The van der Waals surface area contributed by atoms with Crippen molar-refractivity contribution < 1.29 is 4.79 Å². The van der Waals surface area contributed by atoms with E-state index in [2.05, 4.69) is 11.9 Å². The number of carbonyl (C=O) groups excluding carboxylic acids is 1. The van der Waals surface area contributed by atoms with Gasteiger partial charge in [-0.15, -0.1) is 0 Å². The molecule has 1 aliphatic heterocycles. The Labute approximate surface area is 126 Å². The zero-order valence-electron chi connectivity index (χ0n) is 12.5. The summed E-state index contributed by atoms with van der Waals surface area (Å²) in [7, 11) is 0. The number of urea groups is 1. The maximum absolute atomic E-state index is 12.2. The molecule has 4 nitrogen and oxygen atoms in total. The van der Waals surface area contributed by atoms with E-state index in [0.717, 1.165) is 24.3 Å². The molecular formula is C17H23N3O. The van der Waals surface area contributed by atoms with Crippen molar-refractivity contribution in [1.29, 1.82) is 0 Å². The quantitative estimate of drug-likeness (QED) is 0.927. The zero-order valence-corrected chi connectivity index (χ0v) is 12.5. The number of hydrogen-bond donors (Lipinski definition) is 1. The number of benzene rings is 1. The highest BCUT2D eigenvalue weighted by Gasteiger charge is 2.39. The van der Waals surface area contributed by atoms with Gasteiger partial charge in [-0.05, 0) is 30.2 Å². The van der Waals surface area contributed by atoms with E-state index in [9.17, 15) is 4.79 Å². The molecule has 2 N–H and O–H groups in total. The monoisotopic (exact) mass is 285 g/mol. The summed E-state index contributed by atoms with van der Waals surface area (Å²) < 4.78 is 0. The molecule has 1 heterocycles. The summed E-state index contributed by atoms with van der Waals surface area (Å²) in [5.74, 6) is 1.76. The average molecular weight is 285 g/mol. The van der Waals surface area contributed by atoms with Gasteiger partial charge >= 0.3 is 6.03 Å². The minimum Gasteiger partial charge on any atom is -0.385 e. The van der Waals surface area contributed by atoms with Crippen molar-refractivity contribution in [3.8, 4) is 0 Å². The van der Waals surface area contributed by atoms with Crippen LogP contribution in [-0.4, -0.2) is 22.8 Å². The molecular weight excluding hydrogens is 262 g/mol. The molecule has 1 unspecified atom stereocenters. The van der Waals surface area contributed by atoms with Gasteiger partial charge in [0, 0.05) is 6.54 Å². The summed E-state index contributed by atoms with van der Waals surface area (Å²) in [5.41, 5.74) is 7.20. The number of rotatable bonds is 3. The molecule has 0 radical (unpaired) electrons. The van der Waals surface area contributed by atoms with Crippen molar-refractivity contribution in [1.82, 2.24) is 4.90 Å². The Morgan fingerprint density at radius 2 is 1.86 bits per heavy atom. The lowest BCUT2D eigenvalue weighted by molar-refractivity contribution is 0.162. The Morgan fingerprint density at radius 1 is 1.19 bits per heavy atom. The predicted octanol–water partition coefficient (Wildman–Crippen LogP) is 3.17. The topological polar surface area (TPSA) is 58.7 Å². The largest absolute Gasteiger partial charge is 0.385 e. The van der Waals surface area contributed by atoms with Crippen molar-refractivity contribution in [3.63, 3.8) is 0 Å². The first-order chi connectivity index (χ1) is 10.1. The van der Waals surface area contributed by atoms with Crippen molar-refractivity contribution in [2.24, 2.45) is 22.6 Å². The number of amidine groups is 1. The molecule has 2 amide bonds. The minimum absolute atomic E-state index is 0.00907. The van der Waals surface area contributed by atoms with Crippen LogP contribution in [0.3, 0.4) is 0 Å².